The third-order valence-corrected chi connectivity index (χ3v) is 2.86. The highest BCUT2D eigenvalue weighted by Gasteiger charge is 2.23. The topological polar surface area (TPSA) is 53.3 Å². The van der Waals surface area contributed by atoms with Gasteiger partial charge in [-0.15, -0.1) is 0 Å². The quantitative estimate of drug-likeness (QED) is 0.838. The van der Waals surface area contributed by atoms with E-state index >= 15 is 0 Å². The van der Waals surface area contributed by atoms with Crippen LogP contribution in [-0.4, -0.2) is 18.2 Å². The maximum Gasteiger partial charge on any atom is 0.414 e. The Morgan fingerprint density at radius 2 is 1.95 bits per heavy atom. The molecule has 0 aliphatic carbocycles. The van der Waals surface area contributed by atoms with E-state index in [-0.39, 0.29) is 6.42 Å². The maximum absolute atomic E-state index is 12.3. The summed E-state index contributed by atoms with van der Waals surface area (Å²) in [5.74, 6) is 0. The summed E-state index contributed by atoms with van der Waals surface area (Å²) in [6.45, 7) is 9.83. The largest absolute Gasteiger partial charge is 0.443 e. The average molecular weight is 274 g/mol. The van der Waals surface area contributed by atoms with Gasteiger partial charge in [0, 0.05) is 12.2 Å². The number of ether oxygens (including phenoxy) is 1. The monoisotopic (exact) mass is 274 g/mol. The van der Waals surface area contributed by atoms with Gasteiger partial charge in [-0.3, -0.25) is 4.90 Å². The fourth-order valence-electron chi connectivity index (χ4n) is 1.70. The van der Waals surface area contributed by atoms with Crippen molar-refractivity contribution < 1.29 is 9.53 Å². The number of carbonyl (C=O) groups excluding carboxylic acids is 1. The molecule has 0 spiro atoms. The Hall–Kier alpha value is -2.02. The van der Waals surface area contributed by atoms with E-state index < -0.39 is 11.7 Å². The first-order chi connectivity index (χ1) is 9.24. The highest BCUT2D eigenvalue weighted by molar-refractivity contribution is 5.88. The average Bonchev–Trinajstić information content (AvgIpc) is 2.31. The number of benzene rings is 1. The van der Waals surface area contributed by atoms with Gasteiger partial charge in [-0.25, -0.2) is 4.79 Å². The number of amides is 1. The van der Waals surface area contributed by atoms with Gasteiger partial charge in [0.2, 0.25) is 0 Å². The Morgan fingerprint density at radius 3 is 2.45 bits per heavy atom. The summed E-state index contributed by atoms with van der Waals surface area (Å²) in [7, 11) is 0. The number of hydrogen-bond acceptors (Lipinski definition) is 3. The number of rotatable bonds is 3. The zero-order chi connectivity index (χ0) is 15.3. The highest BCUT2D eigenvalue weighted by Crippen LogP contribution is 2.21. The zero-order valence-corrected chi connectivity index (χ0v) is 12.9. The molecule has 4 nitrogen and oxygen atoms in total. The van der Waals surface area contributed by atoms with Gasteiger partial charge in [0.15, 0.2) is 0 Å². The van der Waals surface area contributed by atoms with Crippen molar-refractivity contribution in [2.24, 2.45) is 0 Å². The highest BCUT2D eigenvalue weighted by atomic mass is 16.6. The lowest BCUT2D eigenvalue weighted by atomic mass is 10.1. The van der Waals surface area contributed by atoms with Gasteiger partial charge >= 0.3 is 6.09 Å². The molecule has 0 saturated carbocycles. The summed E-state index contributed by atoms with van der Waals surface area (Å²) in [5, 5.41) is 8.75. The SMILES string of the molecule is Cc1ccc(N(CCC#N)C(=O)OC(C)(C)C)cc1C. The van der Waals surface area contributed by atoms with Crippen molar-refractivity contribution >= 4 is 11.8 Å². The van der Waals surface area contributed by atoms with Crippen LogP contribution in [0.15, 0.2) is 18.2 Å². The maximum atomic E-state index is 12.3. The Bertz CT molecular complexity index is 524. The minimum atomic E-state index is -0.554. The zero-order valence-electron chi connectivity index (χ0n) is 12.9. The van der Waals surface area contributed by atoms with Crippen LogP contribution < -0.4 is 4.90 Å². The summed E-state index contributed by atoms with van der Waals surface area (Å²) < 4.78 is 5.40. The molecule has 0 heterocycles. The minimum Gasteiger partial charge on any atom is -0.443 e. The lowest BCUT2D eigenvalue weighted by molar-refractivity contribution is 0.0581. The Kier molecular flexibility index (Phi) is 5.15. The van der Waals surface area contributed by atoms with Crippen LogP contribution in [0.1, 0.15) is 38.3 Å². The Balaban J connectivity index is 3.02. The molecule has 0 radical (unpaired) electrons. The van der Waals surface area contributed by atoms with Gasteiger partial charge in [0.1, 0.15) is 5.60 Å². The van der Waals surface area contributed by atoms with Crippen molar-refractivity contribution in [2.45, 2.75) is 46.6 Å². The van der Waals surface area contributed by atoms with Gasteiger partial charge in [-0.05, 0) is 57.9 Å². The number of carbonyl (C=O) groups is 1. The second kappa shape index (κ2) is 6.42. The van der Waals surface area contributed by atoms with Crippen molar-refractivity contribution in [1.82, 2.24) is 0 Å². The second-order valence-corrected chi connectivity index (χ2v) is 5.81. The molecule has 0 aliphatic rings. The molecule has 0 saturated heterocycles. The molecule has 0 N–H and O–H groups in total. The molecule has 0 aromatic heterocycles. The van der Waals surface area contributed by atoms with E-state index in [9.17, 15) is 4.79 Å². The molecular weight excluding hydrogens is 252 g/mol. The van der Waals surface area contributed by atoms with Gasteiger partial charge in [0.05, 0.1) is 12.5 Å². The van der Waals surface area contributed by atoms with Crippen LogP contribution in [0.25, 0.3) is 0 Å². The third-order valence-electron chi connectivity index (χ3n) is 2.86. The smallest absolute Gasteiger partial charge is 0.414 e. The van der Waals surface area contributed by atoms with Crippen LogP contribution >= 0.6 is 0 Å². The summed E-state index contributed by atoms with van der Waals surface area (Å²) in [4.78, 5) is 13.8. The molecule has 1 aromatic carbocycles. The van der Waals surface area contributed by atoms with Crippen LogP contribution in [0.5, 0.6) is 0 Å². The Morgan fingerprint density at radius 1 is 1.30 bits per heavy atom. The van der Waals surface area contributed by atoms with Gasteiger partial charge in [-0.2, -0.15) is 5.26 Å². The molecule has 0 aliphatic heterocycles. The van der Waals surface area contributed by atoms with E-state index in [1.165, 1.54) is 4.90 Å². The van der Waals surface area contributed by atoms with Gasteiger partial charge in [0.25, 0.3) is 0 Å². The van der Waals surface area contributed by atoms with Crippen LogP contribution in [0.3, 0.4) is 0 Å². The standard InChI is InChI=1S/C16H22N2O2/c1-12-7-8-14(11-13(12)2)18(10-6-9-17)15(19)20-16(3,4)5/h7-8,11H,6,10H2,1-5H3. The number of nitrogens with zero attached hydrogens (tertiary/aromatic N) is 2. The minimum absolute atomic E-state index is 0.270. The van der Waals surface area contributed by atoms with Gasteiger partial charge < -0.3 is 4.74 Å². The van der Waals surface area contributed by atoms with E-state index in [4.69, 9.17) is 10.00 Å². The van der Waals surface area contributed by atoms with Crippen LogP contribution in [0, 0.1) is 25.2 Å². The molecule has 0 atom stereocenters. The van der Waals surface area contributed by atoms with Crippen molar-refractivity contribution in [3.05, 3.63) is 29.3 Å². The van der Waals surface area contributed by atoms with E-state index in [0.717, 1.165) is 16.8 Å². The van der Waals surface area contributed by atoms with Crippen molar-refractivity contribution in [3.63, 3.8) is 0 Å². The number of hydrogen-bond donors (Lipinski definition) is 0. The number of nitriles is 1. The Labute approximate surface area is 121 Å². The van der Waals surface area contributed by atoms with Crippen LogP contribution in [-0.2, 0) is 4.74 Å². The molecule has 1 amide bonds. The fraction of sp³-hybridized carbons (Fsp3) is 0.500. The molecule has 4 heteroatoms. The number of anilines is 1. The number of aryl methyl sites for hydroxylation is 2. The first kappa shape index (κ1) is 16.0. The molecule has 1 aromatic rings. The lowest BCUT2D eigenvalue weighted by Crippen LogP contribution is -2.37. The van der Waals surface area contributed by atoms with Gasteiger partial charge in [-0.1, -0.05) is 6.07 Å². The van der Waals surface area contributed by atoms with E-state index in [1.54, 1.807) is 0 Å². The van der Waals surface area contributed by atoms with Crippen molar-refractivity contribution in [3.8, 4) is 6.07 Å². The second-order valence-electron chi connectivity index (χ2n) is 5.81. The summed E-state index contributed by atoms with van der Waals surface area (Å²) in [6.07, 6.45) is -0.150. The molecule has 0 bridgehead atoms. The fourth-order valence-corrected chi connectivity index (χ4v) is 1.70. The third kappa shape index (κ3) is 4.58. The lowest BCUT2D eigenvalue weighted by Gasteiger charge is -2.27. The molecule has 1 rings (SSSR count). The van der Waals surface area contributed by atoms with Crippen LogP contribution in [0.4, 0.5) is 10.5 Å². The van der Waals surface area contributed by atoms with E-state index in [2.05, 4.69) is 6.07 Å². The molecule has 0 fully saturated rings. The van der Waals surface area contributed by atoms with Crippen molar-refractivity contribution in [2.75, 3.05) is 11.4 Å². The molecule has 108 valence electrons. The van der Waals surface area contributed by atoms with E-state index in [0.29, 0.717) is 6.54 Å². The van der Waals surface area contributed by atoms with Crippen molar-refractivity contribution in [1.29, 1.82) is 5.26 Å². The normalized spacial score (nSPS) is 10.8. The summed E-state index contributed by atoms with van der Waals surface area (Å²) in [5.41, 5.74) is 2.48. The predicted molar refractivity (Wildman–Crippen MR) is 79.7 cm³/mol. The van der Waals surface area contributed by atoms with E-state index in [1.807, 2.05) is 52.8 Å². The molecular formula is C16H22N2O2. The molecule has 20 heavy (non-hydrogen) atoms. The molecule has 0 unspecified atom stereocenters. The predicted octanol–water partition coefficient (Wildman–Crippen LogP) is 3.96. The summed E-state index contributed by atoms with van der Waals surface area (Å²) in [6, 6.07) is 7.85. The summed E-state index contributed by atoms with van der Waals surface area (Å²) >= 11 is 0. The first-order valence-corrected chi connectivity index (χ1v) is 6.69. The van der Waals surface area contributed by atoms with Crippen LogP contribution in [0.2, 0.25) is 0 Å². The first-order valence-electron chi connectivity index (χ1n) is 6.69.